The molecule has 5 nitrogen and oxygen atoms in total. The minimum atomic E-state index is -1.06. The largest absolute Gasteiger partial charge is 0.489 e. The van der Waals surface area contributed by atoms with Crippen LogP contribution in [0.2, 0.25) is 0 Å². The van der Waals surface area contributed by atoms with Crippen LogP contribution in [-0.2, 0) is 17.0 Å². The van der Waals surface area contributed by atoms with Gasteiger partial charge in [0.2, 0.25) is 11.7 Å². The lowest BCUT2D eigenvalue weighted by atomic mass is 9.76. The molecule has 0 amide bonds. The second kappa shape index (κ2) is 7.81. The molecule has 6 rings (SSSR count). The summed E-state index contributed by atoms with van der Waals surface area (Å²) in [6, 6.07) is 17.5. The first-order chi connectivity index (χ1) is 16.4. The van der Waals surface area contributed by atoms with Gasteiger partial charge in [0.1, 0.15) is 23.5 Å². The van der Waals surface area contributed by atoms with Crippen LogP contribution in [0.15, 0.2) is 65.7 Å². The minimum absolute atomic E-state index is 0.158. The van der Waals surface area contributed by atoms with Gasteiger partial charge in [0.15, 0.2) is 0 Å². The van der Waals surface area contributed by atoms with E-state index in [0.717, 1.165) is 25.3 Å². The second-order valence-electron chi connectivity index (χ2n) is 9.27. The Balaban J connectivity index is 1.45. The predicted molar refractivity (Wildman–Crippen MR) is 125 cm³/mol. The topological polar surface area (TPSA) is 60.1 Å². The maximum absolute atomic E-state index is 13.9. The third-order valence-electron chi connectivity index (χ3n) is 7.12. The molecule has 0 radical (unpaired) electrons. The van der Waals surface area contributed by atoms with Crippen molar-refractivity contribution in [2.24, 2.45) is 10.7 Å². The molecule has 0 saturated heterocycles. The normalized spacial score (nSPS) is 25.5. The van der Waals surface area contributed by atoms with Crippen LogP contribution in [0.3, 0.4) is 0 Å². The highest BCUT2D eigenvalue weighted by molar-refractivity contribution is 5.79. The number of ether oxygens (including phenoxy) is 1. The van der Waals surface area contributed by atoms with Crippen LogP contribution in [-0.4, -0.2) is 24.2 Å². The number of nitrogens with zero attached hydrogens (tertiary/aromatic N) is 2. The summed E-state index contributed by atoms with van der Waals surface area (Å²) in [5.74, 6) is -0.134. The predicted octanol–water partition coefficient (Wildman–Crippen LogP) is 5.25. The summed E-state index contributed by atoms with van der Waals surface area (Å²) in [4.78, 5) is 11.0. The molecule has 2 N–H and O–H groups in total. The number of hydrogen-bond acceptors (Lipinski definition) is 5. The number of benzene rings is 3. The highest BCUT2D eigenvalue weighted by atomic mass is 19.1. The van der Waals surface area contributed by atoms with Crippen LogP contribution in [0.1, 0.15) is 41.9 Å². The lowest BCUT2D eigenvalue weighted by Gasteiger charge is -2.41. The first kappa shape index (κ1) is 21.1. The molecule has 0 fully saturated rings. The lowest BCUT2D eigenvalue weighted by Crippen LogP contribution is -2.42. The number of aliphatic imine (C=N–C) groups is 1. The molecule has 174 valence electrons. The Morgan fingerprint density at radius 3 is 2.59 bits per heavy atom. The van der Waals surface area contributed by atoms with Crippen LogP contribution in [0, 0.1) is 11.6 Å². The molecule has 2 aliphatic heterocycles. The SMILES string of the molecule is CN1OC2(CC(C3CCCc4ccccc43)Oc3ccc(-c4cc(F)cc(F)c4)cc32)N=C1N. The van der Waals surface area contributed by atoms with Crippen LogP contribution in [0.5, 0.6) is 5.75 Å². The summed E-state index contributed by atoms with van der Waals surface area (Å²) >= 11 is 0. The van der Waals surface area contributed by atoms with E-state index < -0.39 is 17.4 Å². The van der Waals surface area contributed by atoms with Gasteiger partial charge in [-0.2, -0.15) is 0 Å². The number of hydrogen-bond donors (Lipinski definition) is 1. The van der Waals surface area contributed by atoms with E-state index in [1.54, 1.807) is 7.05 Å². The first-order valence-electron chi connectivity index (χ1n) is 11.6. The fourth-order valence-electron chi connectivity index (χ4n) is 5.57. The fourth-order valence-corrected chi connectivity index (χ4v) is 5.57. The zero-order valence-electron chi connectivity index (χ0n) is 18.8. The van der Waals surface area contributed by atoms with Gasteiger partial charge in [-0.1, -0.05) is 30.3 Å². The summed E-state index contributed by atoms with van der Waals surface area (Å²) in [6.07, 6.45) is 3.50. The van der Waals surface area contributed by atoms with Gasteiger partial charge in [-0.15, -0.1) is 0 Å². The van der Waals surface area contributed by atoms with Crippen molar-refractivity contribution in [1.82, 2.24) is 5.06 Å². The van der Waals surface area contributed by atoms with E-state index in [9.17, 15) is 8.78 Å². The lowest BCUT2D eigenvalue weighted by molar-refractivity contribution is -0.192. The van der Waals surface area contributed by atoms with Gasteiger partial charge in [-0.3, -0.25) is 0 Å². The highest BCUT2D eigenvalue weighted by Crippen LogP contribution is 2.50. The molecule has 34 heavy (non-hydrogen) atoms. The van der Waals surface area contributed by atoms with Crippen LogP contribution in [0.25, 0.3) is 11.1 Å². The standard InChI is InChI=1S/C27H25F2N3O2/c1-32-26(30)31-27(34-32)15-25(22-8-4-6-16-5-2-3-7-21(16)22)33-24-10-9-17(13-23(24)27)18-11-19(28)14-20(29)12-18/h2-3,5,7,9-14,22,25H,4,6,8,15H2,1H3,(H2,30,31). The average Bonchev–Trinajstić information content (AvgIpc) is 3.11. The van der Waals surface area contributed by atoms with E-state index in [4.69, 9.17) is 20.3 Å². The van der Waals surface area contributed by atoms with Crippen molar-refractivity contribution in [3.05, 3.63) is 89.0 Å². The molecular formula is C27H25F2N3O2. The van der Waals surface area contributed by atoms with E-state index in [1.807, 2.05) is 18.2 Å². The van der Waals surface area contributed by atoms with Gasteiger partial charge in [-0.25, -0.2) is 23.7 Å². The maximum atomic E-state index is 13.9. The molecule has 3 aromatic rings. The Labute approximate surface area is 196 Å². The molecule has 2 heterocycles. The summed E-state index contributed by atoms with van der Waals surface area (Å²) in [7, 11) is 1.72. The van der Waals surface area contributed by atoms with Crippen molar-refractivity contribution in [2.45, 2.75) is 43.4 Å². The van der Waals surface area contributed by atoms with Crippen molar-refractivity contribution in [1.29, 1.82) is 0 Å². The third kappa shape index (κ3) is 3.42. The number of nitrogens with two attached hydrogens (primary N) is 1. The monoisotopic (exact) mass is 461 g/mol. The molecule has 0 saturated carbocycles. The Kier molecular flexibility index (Phi) is 4.85. The van der Waals surface area contributed by atoms with Gasteiger partial charge < -0.3 is 10.5 Å². The number of hydroxylamine groups is 2. The molecule has 1 aliphatic carbocycles. The molecule has 3 aliphatic rings. The Bertz CT molecular complexity index is 1290. The van der Waals surface area contributed by atoms with Gasteiger partial charge >= 0.3 is 0 Å². The van der Waals surface area contributed by atoms with Crippen molar-refractivity contribution >= 4 is 5.96 Å². The van der Waals surface area contributed by atoms with E-state index >= 15 is 0 Å². The second-order valence-corrected chi connectivity index (χ2v) is 9.27. The average molecular weight is 462 g/mol. The van der Waals surface area contributed by atoms with Gasteiger partial charge in [0.25, 0.3) is 0 Å². The van der Waals surface area contributed by atoms with Crippen molar-refractivity contribution in [2.75, 3.05) is 7.05 Å². The van der Waals surface area contributed by atoms with Crippen molar-refractivity contribution < 1.29 is 18.4 Å². The summed E-state index contributed by atoms with van der Waals surface area (Å²) in [6.45, 7) is 0. The summed E-state index contributed by atoms with van der Waals surface area (Å²) < 4.78 is 34.4. The maximum Gasteiger partial charge on any atom is 0.221 e. The molecule has 3 aromatic carbocycles. The molecule has 3 unspecified atom stereocenters. The molecule has 0 bridgehead atoms. The zero-order chi connectivity index (χ0) is 23.4. The van der Waals surface area contributed by atoms with E-state index in [1.165, 1.54) is 28.3 Å². The Morgan fingerprint density at radius 2 is 1.82 bits per heavy atom. The summed E-state index contributed by atoms with van der Waals surface area (Å²) in [5, 5.41) is 1.47. The quantitative estimate of drug-likeness (QED) is 0.567. The smallest absolute Gasteiger partial charge is 0.221 e. The number of guanidine groups is 1. The molecular weight excluding hydrogens is 436 g/mol. The van der Waals surface area contributed by atoms with Crippen LogP contribution < -0.4 is 10.5 Å². The van der Waals surface area contributed by atoms with Crippen LogP contribution in [0.4, 0.5) is 8.78 Å². The molecule has 0 aromatic heterocycles. The van der Waals surface area contributed by atoms with Crippen LogP contribution >= 0.6 is 0 Å². The van der Waals surface area contributed by atoms with Gasteiger partial charge in [0.05, 0.1) is 5.56 Å². The molecule has 7 heteroatoms. The number of fused-ring (bicyclic) bond motifs is 3. The number of rotatable bonds is 2. The van der Waals surface area contributed by atoms with E-state index in [-0.39, 0.29) is 18.0 Å². The Hall–Kier alpha value is -3.45. The Morgan fingerprint density at radius 1 is 1.03 bits per heavy atom. The molecule has 3 atom stereocenters. The molecule has 1 spiro atoms. The van der Waals surface area contributed by atoms with Gasteiger partial charge in [0, 0.05) is 25.5 Å². The summed E-state index contributed by atoms with van der Waals surface area (Å²) in [5.41, 5.74) is 9.52. The van der Waals surface area contributed by atoms with Crippen molar-refractivity contribution in [3.8, 4) is 16.9 Å². The van der Waals surface area contributed by atoms with E-state index in [2.05, 4.69) is 24.3 Å². The van der Waals surface area contributed by atoms with E-state index in [0.29, 0.717) is 28.9 Å². The number of halogens is 2. The minimum Gasteiger partial charge on any atom is -0.489 e. The zero-order valence-corrected chi connectivity index (χ0v) is 18.8. The highest BCUT2D eigenvalue weighted by Gasteiger charge is 2.50. The first-order valence-corrected chi connectivity index (χ1v) is 11.6. The fraction of sp³-hybridized carbons (Fsp3) is 0.296. The van der Waals surface area contributed by atoms with Crippen molar-refractivity contribution in [3.63, 3.8) is 0 Å². The third-order valence-corrected chi connectivity index (χ3v) is 7.12. The van der Waals surface area contributed by atoms with Gasteiger partial charge in [-0.05, 0) is 65.8 Å². The number of aryl methyl sites for hydroxylation is 1.